The molecule has 3 aromatic carbocycles. The van der Waals surface area contributed by atoms with Crippen molar-refractivity contribution >= 4 is 11.9 Å². The summed E-state index contributed by atoms with van der Waals surface area (Å²) < 4.78 is 11.8. The number of carboxylic acids is 1. The van der Waals surface area contributed by atoms with Gasteiger partial charge in [-0.05, 0) is 72.7 Å². The Bertz CT molecular complexity index is 1190. The highest BCUT2D eigenvalue weighted by atomic mass is 16.5. The van der Waals surface area contributed by atoms with Gasteiger partial charge in [0.2, 0.25) is 0 Å². The van der Waals surface area contributed by atoms with E-state index in [0.29, 0.717) is 35.2 Å². The summed E-state index contributed by atoms with van der Waals surface area (Å²) in [5.41, 5.74) is 2.38. The van der Waals surface area contributed by atoms with E-state index in [1.807, 2.05) is 13.8 Å². The van der Waals surface area contributed by atoms with Crippen molar-refractivity contribution in [2.24, 2.45) is 5.92 Å². The molecule has 36 heavy (non-hydrogen) atoms. The van der Waals surface area contributed by atoms with E-state index in [1.54, 1.807) is 49.4 Å². The summed E-state index contributed by atoms with van der Waals surface area (Å²) in [5.74, 6) is -0.151. The van der Waals surface area contributed by atoms with Gasteiger partial charge in [-0.1, -0.05) is 63.2 Å². The lowest BCUT2D eigenvalue weighted by Gasteiger charge is -2.30. The lowest BCUT2D eigenvalue weighted by atomic mass is 10.0. The molecule has 0 fully saturated rings. The number of amides is 1. The van der Waals surface area contributed by atoms with Crippen LogP contribution >= 0.6 is 0 Å². The number of hydrogen-bond acceptors (Lipinski definition) is 4. The highest BCUT2D eigenvalue weighted by Gasteiger charge is 2.41. The third kappa shape index (κ3) is 6.45. The average molecular weight is 490 g/mol. The molecule has 0 aliphatic carbocycles. The largest absolute Gasteiger partial charge is 0.489 e. The van der Waals surface area contributed by atoms with E-state index in [1.165, 1.54) is 5.56 Å². The molecule has 0 saturated carbocycles. The molecule has 3 rings (SSSR count). The highest BCUT2D eigenvalue weighted by Crippen LogP contribution is 2.27. The molecule has 6 nitrogen and oxygen atoms in total. The van der Waals surface area contributed by atoms with Gasteiger partial charge in [-0.2, -0.15) is 0 Å². The Hall–Kier alpha value is -3.80. The van der Waals surface area contributed by atoms with E-state index in [0.717, 1.165) is 17.5 Å². The second-order valence-corrected chi connectivity index (χ2v) is 9.42. The zero-order chi connectivity index (χ0) is 26.3. The second kappa shape index (κ2) is 11.8. The topological polar surface area (TPSA) is 84.9 Å². The molecule has 1 amide bonds. The minimum absolute atomic E-state index is 0.0398. The Morgan fingerprint density at radius 3 is 2.14 bits per heavy atom. The van der Waals surface area contributed by atoms with Crippen molar-refractivity contribution in [3.05, 3.63) is 94.5 Å². The van der Waals surface area contributed by atoms with Crippen molar-refractivity contribution in [1.29, 1.82) is 0 Å². The molecular weight excluding hydrogens is 454 g/mol. The molecule has 3 aromatic rings. The van der Waals surface area contributed by atoms with Gasteiger partial charge in [-0.25, -0.2) is 4.79 Å². The van der Waals surface area contributed by atoms with Crippen molar-refractivity contribution in [3.8, 4) is 11.5 Å². The third-order valence-corrected chi connectivity index (χ3v) is 6.24. The molecule has 1 atom stereocenters. The molecule has 2 N–H and O–H groups in total. The summed E-state index contributed by atoms with van der Waals surface area (Å²) in [6, 6.07) is 20.4. The van der Waals surface area contributed by atoms with Crippen molar-refractivity contribution < 1.29 is 24.2 Å². The van der Waals surface area contributed by atoms with Crippen LogP contribution in [0, 0.1) is 19.8 Å². The molecule has 1 unspecified atom stereocenters. The lowest BCUT2D eigenvalue weighted by Crippen LogP contribution is -2.58. The number of aliphatic carboxylic acids is 1. The maximum Gasteiger partial charge on any atom is 0.370 e. The van der Waals surface area contributed by atoms with E-state index in [2.05, 4.69) is 43.4 Å². The average Bonchev–Trinajstić information content (AvgIpc) is 2.85. The number of ether oxygens (including phenoxy) is 2. The monoisotopic (exact) mass is 489 g/mol. The third-order valence-electron chi connectivity index (χ3n) is 6.24. The first-order chi connectivity index (χ1) is 17.1. The Morgan fingerprint density at radius 1 is 0.917 bits per heavy atom. The van der Waals surface area contributed by atoms with Crippen LogP contribution in [-0.4, -0.2) is 22.7 Å². The van der Waals surface area contributed by atoms with Crippen LogP contribution in [0.4, 0.5) is 0 Å². The zero-order valence-corrected chi connectivity index (χ0v) is 21.6. The van der Waals surface area contributed by atoms with E-state index in [-0.39, 0.29) is 6.42 Å². The molecule has 0 heterocycles. The van der Waals surface area contributed by atoms with Crippen molar-refractivity contribution in [2.45, 2.75) is 59.8 Å². The summed E-state index contributed by atoms with van der Waals surface area (Å²) in [7, 11) is 0. The quantitative estimate of drug-likeness (QED) is 0.319. The molecule has 0 aliphatic rings. The lowest BCUT2D eigenvalue weighted by molar-refractivity contribution is -0.158. The first kappa shape index (κ1) is 26.8. The van der Waals surface area contributed by atoms with Gasteiger partial charge in [0.25, 0.3) is 11.6 Å². The van der Waals surface area contributed by atoms with Crippen molar-refractivity contribution in [1.82, 2.24) is 5.32 Å². The summed E-state index contributed by atoms with van der Waals surface area (Å²) in [6.07, 6.45) is 1.08. The van der Waals surface area contributed by atoms with Gasteiger partial charge in [0.1, 0.15) is 18.1 Å². The van der Waals surface area contributed by atoms with Gasteiger partial charge < -0.3 is 19.9 Å². The molecule has 0 radical (unpaired) electrons. The summed E-state index contributed by atoms with van der Waals surface area (Å²) in [6.45, 7) is 10.2. The van der Waals surface area contributed by atoms with Crippen LogP contribution < -0.4 is 14.8 Å². The molecule has 0 aromatic heterocycles. The number of rotatable bonds is 11. The fourth-order valence-corrected chi connectivity index (χ4v) is 3.98. The van der Waals surface area contributed by atoms with Crippen molar-refractivity contribution in [2.75, 3.05) is 0 Å². The van der Waals surface area contributed by atoms with E-state index < -0.39 is 17.6 Å². The Morgan fingerprint density at radius 2 is 1.56 bits per heavy atom. The van der Waals surface area contributed by atoms with Crippen LogP contribution in [0.5, 0.6) is 11.5 Å². The van der Waals surface area contributed by atoms with Crippen LogP contribution in [0.15, 0.2) is 66.7 Å². The summed E-state index contributed by atoms with van der Waals surface area (Å²) >= 11 is 0. The minimum atomic E-state index is -1.89. The van der Waals surface area contributed by atoms with Crippen LogP contribution in [0.2, 0.25) is 0 Å². The fraction of sp³-hybridized carbons (Fsp3) is 0.333. The van der Waals surface area contributed by atoms with Gasteiger partial charge in [0.05, 0.1) is 0 Å². The number of carbonyl (C=O) groups is 2. The minimum Gasteiger partial charge on any atom is -0.489 e. The number of hydrogen-bond donors (Lipinski definition) is 2. The molecular formula is C30H35NO5. The van der Waals surface area contributed by atoms with E-state index in [9.17, 15) is 14.7 Å². The smallest absolute Gasteiger partial charge is 0.370 e. The Kier molecular flexibility index (Phi) is 8.75. The zero-order valence-electron chi connectivity index (χ0n) is 21.6. The normalized spacial score (nSPS) is 12.6. The van der Waals surface area contributed by atoms with Crippen LogP contribution in [0.25, 0.3) is 0 Å². The predicted octanol–water partition coefficient (Wildman–Crippen LogP) is 6.08. The van der Waals surface area contributed by atoms with Gasteiger partial charge in [0.15, 0.2) is 0 Å². The first-order valence-corrected chi connectivity index (χ1v) is 12.3. The highest BCUT2D eigenvalue weighted by molar-refractivity contribution is 5.99. The van der Waals surface area contributed by atoms with Crippen LogP contribution in [0.3, 0.4) is 0 Å². The number of carboxylic acid groups (broad SMARTS) is 1. The van der Waals surface area contributed by atoms with Gasteiger partial charge in [0, 0.05) is 12.0 Å². The molecule has 0 saturated heterocycles. The van der Waals surface area contributed by atoms with Gasteiger partial charge >= 0.3 is 5.97 Å². The van der Waals surface area contributed by atoms with Crippen LogP contribution in [0.1, 0.15) is 59.8 Å². The van der Waals surface area contributed by atoms with Crippen molar-refractivity contribution in [3.63, 3.8) is 0 Å². The van der Waals surface area contributed by atoms with Gasteiger partial charge in [-0.3, -0.25) is 4.79 Å². The maximum absolute atomic E-state index is 13.2. The number of nitrogens with one attached hydrogen (secondary N) is 1. The predicted molar refractivity (Wildman–Crippen MR) is 140 cm³/mol. The SMILES string of the molecule is CCC(NC(=O)c1ccc(OCc2ccc(CC(C)C)cc2)c(C)c1C)(Oc1ccccc1)C(=O)O. The molecule has 0 spiro atoms. The molecule has 0 aliphatic heterocycles. The number of benzene rings is 3. The molecule has 6 heteroatoms. The standard InChI is InChI=1S/C30H35NO5/c1-6-30(29(33)34,36-25-10-8-7-9-11-25)31-28(32)26-16-17-27(22(5)21(26)4)35-19-24-14-12-23(13-15-24)18-20(2)3/h7-17,20H,6,18-19H2,1-5H3,(H,31,32)(H,33,34). The van der Waals surface area contributed by atoms with E-state index in [4.69, 9.17) is 9.47 Å². The first-order valence-electron chi connectivity index (χ1n) is 12.3. The molecule has 0 bridgehead atoms. The number of para-hydroxylation sites is 1. The summed E-state index contributed by atoms with van der Waals surface area (Å²) in [4.78, 5) is 25.4. The van der Waals surface area contributed by atoms with E-state index >= 15 is 0 Å². The second-order valence-electron chi connectivity index (χ2n) is 9.42. The maximum atomic E-state index is 13.2. The summed E-state index contributed by atoms with van der Waals surface area (Å²) in [5, 5.41) is 12.5. The Labute approximate surface area is 213 Å². The number of carbonyl (C=O) groups excluding carboxylic acids is 1. The van der Waals surface area contributed by atoms with Crippen LogP contribution in [-0.2, 0) is 17.8 Å². The van der Waals surface area contributed by atoms with Gasteiger partial charge in [-0.15, -0.1) is 0 Å². The molecule has 190 valence electrons. The Balaban J connectivity index is 1.74. The fourth-order valence-electron chi connectivity index (χ4n) is 3.98.